The number of carbonyl (C=O) groups excluding carboxylic acids is 2. The van der Waals surface area contributed by atoms with Gasteiger partial charge in [-0.3, -0.25) is 4.79 Å². The molecule has 0 saturated heterocycles. The standard InChI is InChI=1S/C22H29N3O2/c1-3-4-5-9-16-23-22(27)24-19-14-12-18(13-15-19)17-21(26)25(2)20-10-7-6-8-11-20/h6-8,10-15H,3-5,9,16-17H2,1-2H3,(H2,23,24,27). The summed E-state index contributed by atoms with van der Waals surface area (Å²) in [7, 11) is 1.78. The second-order valence-electron chi connectivity index (χ2n) is 6.60. The molecule has 0 radical (unpaired) electrons. The molecular weight excluding hydrogens is 338 g/mol. The molecule has 0 bridgehead atoms. The molecule has 0 aliphatic rings. The number of unbranched alkanes of at least 4 members (excludes halogenated alkanes) is 3. The Balaban J connectivity index is 1.79. The Kier molecular flexibility index (Phi) is 8.36. The van der Waals surface area contributed by atoms with Crippen molar-refractivity contribution in [1.29, 1.82) is 0 Å². The number of urea groups is 1. The number of amides is 3. The molecule has 3 amide bonds. The van der Waals surface area contributed by atoms with Crippen molar-refractivity contribution in [2.24, 2.45) is 0 Å². The van der Waals surface area contributed by atoms with Crippen LogP contribution in [0.15, 0.2) is 54.6 Å². The van der Waals surface area contributed by atoms with Crippen LogP contribution < -0.4 is 15.5 Å². The number of nitrogens with one attached hydrogen (secondary N) is 2. The van der Waals surface area contributed by atoms with Gasteiger partial charge in [0.1, 0.15) is 0 Å². The molecule has 2 aromatic carbocycles. The number of hydrogen-bond acceptors (Lipinski definition) is 2. The van der Waals surface area contributed by atoms with Crippen LogP contribution in [0.3, 0.4) is 0 Å². The smallest absolute Gasteiger partial charge is 0.319 e. The third-order valence-corrected chi connectivity index (χ3v) is 4.40. The third kappa shape index (κ3) is 7.13. The van der Waals surface area contributed by atoms with Crippen LogP contribution in [0, 0.1) is 0 Å². The molecule has 5 heteroatoms. The molecule has 0 saturated carbocycles. The van der Waals surface area contributed by atoms with Gasteiger partial charge in [-0.2, -0.15) is 0 Å². The molecule has 2 N–H and O–H groups in total. The number of anilines is 2. The fraction of sp³-hybridized carbons (Fsp3) is 0.364. The van der Waals surface area contributed by atoms with Crippen molar-refractivity contribution in [3.05, 3.63) is 60.2 Å². The van der Waals surface area contributed by atoms with Crippen molar-refractivity contribution in [3.63, 3.8) is 0 Å². The Morgan fingerprint density at radius 3 is 2.30 bits per heavy atom. The summed E-state index contributed by atoms with van der Waals surface area (Å²) in [6.45, 7) is 2.85. The molecule has 0 aliphatic heterocycles. The first-order valence-electron chi connectivity index (χ1n) is 9.55. The Morgan fingerprint density at radius 1 is 0.926 bits per heavy atom. The van der Waals surface area contributed by atoms with E-state index >= 15 is 0 Å². The van der Waals surface area contributed by atoms with E-state index in [-0.39, 0.29) is 11.9 Å². The first-order valence-corrected chi connectivity index (χ1v) is 9.55. The predicted molar refractivity (Wildman–Crippen MR) is 111 cm³/mol. The van der Waals surface area contributed by atoms with E-state index in [2.05, 4.69) is 17.6 Å². The number of hydrogen-bond donors (Lipinski definition) is 2. The van der Waals surface area contributed by atoms with E-state index in [1.807, 2.05) is 54.6 Å². The van der Waals surface area contributed by atoms with Gasteiger partial charge in [-0.05, 0) is 36.2 Å². The van der Waals surface area contributed by atoms with Crippen molar-refractivity contribution in [3.8, 4) is 0 Å². The fourth-order valence-electron chi connectivity index (χ4n) is 2.72. The molecule has 5 nitrogen and oxygen atoms in total. The Hall–Kier alpha value is -2.82. The zero-order valence-corrected chi connectivity index (χ0v) is 16.2. The van der Waals surface area contributed by atoms with Crippen LogP contribution in [0.25, 0.3) is 0 Å². The Labute approximate surface area is 161 Å². The summed E-state index contributed by atoms with van der Waals surface area (Å²) >= 11 is 0. The minimum atomic E-state index is -0.195. The lowest BCUT2D eigenvalue weighted by molar-refractivity contribution is -0.117. The zero-order chi connectivity index (χ0) is 19.5. The molecule has 27 heavy (non-hydrogen) atoms. The van der Waals surface area contributed by atoms with Gasteiger partial charge in [0.15, 0.2) is 0 Å². The summed E-state index contributed by atoms with van der Waals surface area (Å²) in [5.41, 5.74) is 2.50. The largest absolute Gasteiger partial charge is 0.338 e. The normalized spacial score (nSPS) is 10.3. The highest BCUT2D eigenvalue weighted by Crippen LogP contribution is 2.15. The summed E-state index contributed by atoms with van der Waals surface area (Å²) in [6.07, 6.45) is 4.83. The molecular formula is C22H29N3O2. The monoisotopic (exact) mass is 367 g/mol. The highest BCUT2D eigenvalue weighted by molar-refractivity contribution is 5.94. The molecule has 0 spiro atoms. The third-order valence-electron chi connectivity index (χ3n) is 4.40. The van der Waals surface area contributed by atoms with E-state index < -0.39 is 0 Å². The van der Waals surface area contributed by atoms with Gasteiger partial charge in [-0.15, -0.1) is 0 Å². The van der Waals surface area contributed by atoms with Crippen LogP contribution in [0.5, 0.6) is 0 Å². The lowest BCUT2D eigenvalue weighted by Crippen LogP contribution is -2.29. The van der Waals surface area contributed by atoms with E-state index in [0.29, 0.717) is 18.7 Å². The fourth-order valence-corrected chi connectivity index (χ4v) is 2.72. The van der Waals surface area contributed by atoms with Gasteiger partial charge in [0.05, 0.1) is 6.42 Å². The molecule has 0 aliphatic carbocycles. The SMILES string of the molecule is CCCCCCNC(=O)Nc1ccc(CC(=O)N(C)c2ccccc2)cc1. The van der Waals surface area contributed by atoms with Gasteiger partial charge in [0.25, 0.3) is 0 Å². The van der Waals surface area contributed by atoms with E-state index in [1.165, 1.54) is 12.8 Å². The van der Waals surface area contributed by atoms with Crippen molar-refractivity contribution in [2.75, 3.05) is 23.8 Å². The van der Waals surface area contributed by atoms with Gasteiger partial charge in [0.2, 0.25) is 5.91 Å². The first kappa shape index (κ1) is 20.5. The summed E-state index contributed by atoms with van der Waals surface area (Å²) in [6, 6.07) is 16.7. The van der Waals surface area contributed by atoms with Crippen molar-refractivity contribution in [2.45, 2.75) is 39.0 Å². The van der Waals surface area contributed by atoms with Crippen LogP contribution in [-0.2, 0) is 11.2 Å². The summed E-state index contributed by atoms with van der Waals surface area (Å²) in [5, 5.41) is 5.68. The molecule has 2 rings (SSSR count). The van der Waals surface area contributed by atoms with E-state index in [1.54, 1.807) is 11.9 Å². The molecule has 0 atom stereocenters. The van der Waals surface area contributed by atoms with Crippen molar-refractivity contribution < 1.29 is 9.59 Å². The van der Waals surface area contributed by atoms with Crippen LogP contribution in [0.4, 0.5) is 16.2 Å². The zero-order valence-electron chi connectivity index (χ0n) is 16.2. The molecule has 0 heterocycles. The van der Waals surface area contributed by atoms with Gasteiger partial charge < -0.3 is 15.5 Å². The van der Waals surface area contributed by atoms with Crippen molar-refractivity contribution in [1.82, 2.24) is 5.32 Å². The maximum Gasteiger partial charge on any atom is 0.319 e. The molecule has 144 valence electrons. The molecule has 0 unspecified atom stereocenters. The average molecular weight is 367 g/mol. The van der Waals surface area contributed by atoms with Gasteiger partial charge in [-0.1, -0.05) is 56.5 Å². The van der Waals surface area contributed by atoms with Crippen LogP contribution in [-0.4, -0.2) is 25.5 Å². The lowest BCUT2D eigenvalue weighted by Gasteiger charge is -2.17. The lowest BCUT2D eigenvalue weighted by atomic mass is 10.1. The number of nitrogens with zero attached hydrogens (tertiary/aromatic N) is 1. The minimum absolute atomic E-state index is 0.0201. The highest BCUT2D eigenvalue weighted by atomic mass is 16.2. The highest BCUT2D eigenvalue weighted by Gasteiger charge is 2.11. The van der Waals surface area contributed by atoms with Gasteiger partial charge >= 0.3 is 6.03 Å². The summed E-state index contributed by atoms with van der Waals surface area (Å²) in [4.78, 5) is 25.9. The summed E-state index contributed by atoms with van der Waals surface area (Å²) < 4.78 is 0. The van der Waals surface area contributed by atoms with Crippen LogP contribution >= 0.6 is 0 Å². The quantitative estimate of drug-likeness (QED) is 0.637. The van der Waals surface area contributed by atoms with Crippen LogP contribution in [0.2, 0.25) is 0 Å². The van der Waals surface area contributed by atoms with Crippen LogP contribution in [0.1, 0.15) is 38.2 Å². The predicted octanol–water partition coefficient (Wildman–Crippen LogP) is 4.59. The Morgan fingerprint density at radius 2 is 1.63 bits per heavy atom. The molecule has 2 aromatic rings. The number of para-hydroxylation sites is 1. The molecule has 0 fully saturated rings. The van der Waals surface area contributed by atoms with Crippen molar-refractivity contribution >= 4 is 23.3 Å². The number of rotatable bonds is 9. The second-order valence-corrected chi connectivity index (χ2v) is 6.60. The second kappa shape index (κ2) is 11.0. The number of benzene rings is 2. The maximum atomic E-state index is 12.4. The summed E-state index contributed by atoms with van der Waals surface area (Å²) in [5.74, 6) is 0.0201. The Bertz CT molecular complexity index is 714. The average Bonchev–Trinajstić information content (AvgIpc) is 2.69. The molecule has 0 aromatic heterocycles. The van der Waals surface area contributed by atoms with E-state index in [4.69, 9.17) is 0 Å². The maximum absolute atomic E-state index is 12.4. The van der Waals surface area contributed by atoms with Gasteiger partial charge in [-0.25, -0.2) is 4.79 Å². The number of likely N-dealkylation sites (N-methyl/N-ethyl adjacent to an activating group) is 1. The first-order chi connectivity index (χ1) is 13.1. The van der Waals surface area contributed by atoms with E-state index in [0.717, 1.165) is 24.1 Å². The minimum Gasteiger partial charge on any atom is -0.338 e. The topological polar surface area (TPSA) is 61.4 Å². The number of carbonyl (C=O) groups is 2. The van der Waals surface area contributed by atoms with Gasteiger partial charge in [0, 0.05) is 25.0 Å². The van der Waals surface area contributed by atoms with E-state index in [9.17, 15) is 9.59 Å².